The van der Waals surface area contributed by atoms with Crippen molar-refractivity contribution in [3.8, 4) is 5.69 Å². The van der Waals surface area contributed by atoms with E-state index in [-0.39, 0.29) is 17.7 Å². The lowest BCUT2D eigenvalue weighted by Crippen LogP contribution is -2.63. The van der Waals surface area contributed by atoms with Gasteiger partial charge in [0.05, 0.1) is 27.9 Å². The highest BCUT2D eigenvalue weighted by molar-refractivity contribution is 7.00. The van der Waals surface area contributed by atoms with Crippen LogP contribution in [0.1, 0.15) is 45.1 Å². The van der Waals surface area contributed by atoms with Gasteiger partial charge in [-0.05, 0) is 65.9 Å². The van der Waals surface area contributed by atoms with Crippen molar-refractivity contribution >= 4 is 78.2 Å². The van der Waals surface area contributed by atoms with Gasteiger partial charge in [-0.1, -0.05) is 86.5 Å². The molecular weight excluding hydrogens is 511 g/mol. The second-order valence-corrected chi connectivity index (χ2v) is 13.6. The number of benzene rings is 5. The molecule has 4 heteroatoms. The van der Waals surface area contributed by atoms with Gasteiger partial charge in [-0.3, -0.25) is 0 Å². The summed E-state index contributed by atoms with van der Waals surface area (Å²) in [7, 11) is 0. The van der Waals surface area contributed by atoms with E-state index in [2.05, 4.69) is 114 Å². The highest BCUT2D eigenvalue weighted by Gasteiger charge is 2.62. The van der Waals surface area contributed by atoms with E-state index in [0.29, 0.717) is 0 Å². The summed E-state index contributed by atoms with van der Waals surface area (Å²) in [6, 6.07) is 34.0. The zero-order valence-electron chi connectivity index (χ0n) is 23.9. The average molecular weight is 540 g/mol. The molecule has 1 aliphatic carbocycles. The van der Waals surface area contributed by atoms with Gasteiger partial charge in [0.15, 0.2) is 0 Å². The normalized spacial score (nSPS) is 23.2. The Morgan fingerprint density at radius 3 is 2.45 bits per heavy atom. The van der Waals surface area contributed by atoms with Crippen molar-refractivity contribution in [1.82, 2.24) is 4.57 Å². The van der Waals surface area contributed by atoms with E-state index in [1.807, 2.05) is 0 Å². The Balaban J connectivity index is 1.41. The van der Waals surface area contributed by atoms with Crippen LogP contribution in [0.3, 0.4) is 0 Å². The van der Waals surface area contributed by atoms with Gasteiger partial charge in [-0.25, -0.2) is 0 Å². The van der Waals surface area contributed by atoms with E-state index < -0.39 is 0 Å². The van der Waals surface area contributed by atoms with Crippen molar-refractivity contribution in [3.05, 3.63) is 96.6 Å². The molecular formula is C38H29BN2O. The molecule has 4 aliphatic rings. The Kier molecular flexibility index (Phi) is 3.67. The molecule has 2 atom stereocenters. The first-order valence-electron chi connectivity index (χ1n) is 15.5. The van der Waals surface area contributed by atoms with Crippen LogP contribution in [-0.2, 0) is 5.41 Å². The summed E-state index contributed by atoms with van der Waals surface area (Å²) in [5.74, 6) is 0. The molecule has 1 fully saturated rings. The largest absolute Gasteiger partial charge is 0.467 e. The first kappa shape index (κ1) is 22.2. The first-order chi connectivity index (χ1) is 20.6. The molecule has 7 aromatic rings. The average Bonchev–Trinajstić information content (AvgIpc) is 3.64. The molecule has 11 rings (SSSR count). The van der Waals surface area contributed by atoms with Crippen LogP contribution in [0.15, 0.2) is 95.4 Å². The summed E-state index contributed by atoms with van der Waals surface area (Å²) in [5, 5.41) is 6.33. The molecule has 0 radical (unpaired) electrons. The standard InChI is InChI=1S/C38H29BN2O/c1-37-19-9-10-20-38(37,2)41-30-16-8-6-14-28(30)39-31-32-26(21-27(37)34(31)41)24-13-5-7-15-29(24)40(32)33-25-18-17-22-11-3-4-12-23(22)35(25)42-36(33)39/h3-8,11-18,21H,9-10,19-20H2,1-2H3. The van der Waals surface area contributed by atoms with Crippen LogP contribution in [0.4, 0.5) is 11.4 Å². The molecule has 200 valence electrons. The maximum Gasteiger partial charge on any atom is 0.297 e. The third-order valence-electron chi connectivity index (χ3n) is 11.9. The molecule has 0 spiro atoms. The van der Waals surface area contributed by atoms with Crippen LogP contribution in [-0.4, -0.2) is 16.8 Å². The zero-order chi connectivity index (χ0) is 27.5. The minimum atomic E-state index is 0.0367. The lowest BCUT2D eigenvalue weighted by molar-refractivity contribution is 0.195. The lowest BCUT2D eigenvalue weighted by atomic mass is 9.36. The van der Waals surface area contributed by atoms with Crippen LogP contribution in [0.2, 0.25) is 0 Å². The van der Waals surface area contributed by atoms with Gasteiger partial charge in [0, 0.05) is 38.3 Å². The number of rotatable bonds is 0. The van der Waals surface area contributed by atoms with Crippen LogP contribution in [0.5, 0.6) is 0 Å². The van der Waals surface area contributed by atoms with Gasteiger partial charge in [0.2, 0.25) is 0 Å². The van der Waals surface area contributed by atoms with Gasteiger partial charge in [-0.2, -0.15) is 0 Å². The quantitative estimate of drug-likeness (QED) is 0.185. The maximum absolute atomic E-state index is 7.18. The molecule has 0 N–H and O–H groups in total. The van der Waals surface area contributed by atoms with Crippen molar-refractivity contribution in [3.63, 3.8) is 0 Å². The number of fused-ring (bicyclic) bond motifs is 16. The minimum absolute atomic E-state index is 0.0367. The Bertz CT molecular complexity index is 2380. The fourth-order valence-corrected chi connectivity index (χ4v) is 9.84. The predicted molar refractivity (Wildman–Crippen MR) is 176 cm³/mol. The fourth-order valence-electron chi connectivity index (χ4n) is 9.84. The van der Waals surface area contributed by atoms with Gasteiger partial charge >= 0.3 is 0 Å². The summed E-state index contributed by atoms with van der Waals surface area (Å²) >= 11 is 0. The monoisotopic (exact) mass is 540 g/mol. The summed E-state index contributed by atoms with van der Waals surface area (Å²) in [5.41, 5.74) is 13.3. The Hall–Kier alpha value is -4.44. The van der Waals surface area contributed by atoms with E-state index in [1.54, 1.807) is 5.56 Å². The first-order valence-corrected chi connectivity index (χ1v) is 15.5. The van der Waals surface area contributed by atoms with Crippen molar-refractivity contribution in [1.29, 1.82) is 0 Å². The van der Waals surface area contributed by atoms with Crippen LogP contribution in [0.25, 0.3) is 49.2 Å². The third-order valence-corrected chi connectivity index (χ3v) is 11.9. The highest BCUT2D eigenvalue weighted by Crippen LogP contribution is 2.62. The molecule has 5 heterocycles. The van der Waals surface area contributed by atoms with Gasteiger partial charge < -0.3 is 13.9 Å². The molecule has 2 unspecified atom stereocenters. The maximum atomic E-state index is 7.18. The molecule has 2 aromatic heterocycles. The van der Waals surface area contributed by atoms with E-state index in [4.69, 9.17) is 4.42 Å². The van der Waals surface area contributed by atoms with Crippen LogP contribution >= 0.6 is 0 Å². The molecule has 1 saturated carbocycles. The second-order valence-electron chi connectivity index (χ2n) is 13.6. The fraction of sp³-hybridized carbons (Fsp3) is 0.211. The molecule has 0 bridgehead atoms. The Morgan fingerprint density at radius 1 is 0.738 bits per heavy atom. The second kappa shape index (κ2) is 6.95. The number of aromatic nitrogens is 1. The molecule has 5 aromatic carbocycles. The van der Waals surface area contributed by atoms with E-state index in [0.717, 1.165) is 11.2 Å². The number of furan rings is 1. The summed E-state index contributed by atoms with van der Waals surface area (Å²) in [4.78, 5) is 2.78. The number of para-hydroxylation sites is 2. The van der Waals surface area contributed by atoms with Crippen molar-refractivity contribution < 1.29 is 4.42 Å². The smallest absolute Gasteiger partial charge is 0.297 e. The molecule has 42 heavy (non-hydrogen) atoms. The van der Waals surface area contributed by atoms with E-state index in [9.17, 15) is 0 Å². The molecule has 3 aliphatic heterocycles. The Labute approximate surface area is 244 Å². The lowest BCUT2D eigenvalue weighted by Gasteiger charge is -2.51. The van der Waals surface area contributed by atoms with E-state index >= 15 is 0 Å². The molecule has 0 amide bonds. The number of hydrogen-bond acceptors (Lipinski definition) is 2. The zero-order valence-corrected chi connectivity index (χ0v) is 23.9. The van der Waals surface area contributed by atoms with Gasteiger partial charge in [0.25, 0.3) is 6.71 Å². The molecule has 3 nitrogen and oxygen atoms in total. The van der Waals surface area contributed by atoms with Crippen molar-refractivity contribution in [2.45, 2.75) is 50.5 Å². The van der Waals surface area contributed by atoms with Gasteiger partial charge in [0.1, 0.15) is 5.58 Å². The van der Waals surface area contributed by atoms with Crippen LogP contribution < -0.4 is 21.5 Å². The summed E-state index contributed by atoms with van der Waals surface area (Å²) in [6.07, 6.45) is 5.02. The minimum Gasteiger partial charge on any atom is -0.467 e. The molecule has 0 saturated heterocycles. The third kappa shape index (κ3) is 2.18. The van der Waals surface area contributed by atoms with Crippen molar-refractivity contribution in [2.24, 2.45) is 0 Å². The summed E-state index contributed by atoms with van der Waals surface area (Å²) in [6.45, 7) is 5.17. The van der Waals surface area contributed by atoms with Gasteiger partial charge in [-0.15, -0.1) is 0 Å². The number of hydrogen-bond donors (Lipinski definition) is 0. The van der Waals surface area contributed by atoms with Crippen molar-refractivity contribution in [2.75, 3.05) is 4.90 Å². The topological polar surface area (TPSA) is 21.3 Å². The SMILES string of the molecule is CC12CCCCC1(C)N1c3ccccc3B3c4oc5c(ccc6ccccc65)c4-n4c5ccccc5c5cc2c1c3c54. The van der Waals surface area contributed by atoms with E-state index in [1.165, 1.54) is 91.6 Å². The predicted octanol–water partition coefficient (Wildman–Crippen LogP) is 7.57. The number of nitrogens with zero attached hydrogens (tertiary/aromatic N) is 2. The van der Waals surface area contributed by atoms with Crippen LogP contribution in [0, 0.1) is 0 Å². The summed E-state index contributed by atoms with van der Waals surface area (Å²) < 4.78 is 9.75. The highest BCUT2D eigenvalue weighted by atomic mass is 16.3. The Morgan fingerprint density at radius 2 is 1.52 bits per heavy atom. The number of anilines is 2.